The summed E-state index contributed by atoms with van der Waals surface area (Å²) in [6.45, 7) is 3.63. The van der Waals surface area contributed by atoms with Crippen molar-refractivity contribution >= 4 is 35.5 Å². The first-order valence-corrected chi connectivity index (χ1v) is 23.2. The number of esters is 2. The van der Waals surface area contributed by atoms with Gasteiger partial charge in [-0.25, -0.2) is 14.5 Å². The van der Waals surface area contributed by atoms with E-state index in [-0.39, 0.29) is 37.5 Å². The zero-order chi connectivity index (χ0) is 47.2. The minimum Gasteiger partial charge on any atom is -0.491 e. The second kappa shape index (κ2) is 20.5. The van der Waals surface area contributed by atoms with Crippen molar-refractivity contribution in [3.8, 4) is 17.6 Å². The molecule has 3 fully saturated rings. The molecular weight excluding hydrogens is 853 g/mol. The van der Waals surface area contributed by atoms with E-state index in [4.69, 9.17) is 14.2 Å². The number of carbonyl (C=O) groups is 5. The van der Waals surface area contributed by atoms with E-state index in [0.717, 1.165) is 29.7 Å². The Morgan fingerprint density at radius 1 is 0.836 bits per heavy atom. The van der Waals surface area contributed by atoms with Crippen LogP contribution >= 0.6 is 0 Å². The molecule has 1 spiro atoms. The van der Waals surface area contributed by atoms with Crippen LogP contribution in [0.3, 0.4) is 0 Å². The van der Waals surface area contributed by atoms with Gasteiger partial charge < -0.3 is 34.6 Å². The minimum atomic E-state index is -2.08. The number of carbonyl (C=O) groups excluding carboxylic acids is 5. The molecule has 3 saturated heterocycles. The standard InChI is InChI=1S/C53H58N4O10/c1-34(2)43(49(61)65-3)54-52(64)56-40-27-26-35(19-15-18-30-58)33-39(40)53(51(56)63)42(48(60)55-28-16-5-4-6-17-29-55)45-50(62)67-46(37-22-11-8-12-23-37)44(36-20-9-7-10-21-36)57(45)47(53)38-24-13-14-25-41(38)66-32-31-59/h7-14,20-27,33-34,42-47,58-59H,4-6,16-18,28-32H2,1-3H3,(H,54,64)/t42-,43-,44-,45-,46+,47+,53-/m0/s1. The van der Waals surface area contributed by atoms with Gasteiger partial charge in [-0.05, 0) is 59.7 Å². The summed E-state index contributed by atoms with van der Waals surface area (Å²) >= 11 is 0. The summed E-state index contributed by atoms with van der Waals surface area (Å²) < 4.78 is 18.0. The van der Waals surface area contributed by atoms with Crippen molar-refractivity contribution in [3.63, 3.8) is 0 Å². The van der Waals surface area contributed by atoms with Crippen LogP contribution in [-0.2, 0) is 34.1 Å². The molecule has 8 rings (SSSR count). The summed E-state index contributed by atoms with van der Waals surface area (Å²) in [5, 5.41) is 22.6. The Bertz CT molecular complexity index is 2520. The number of anilines is 1. The quantitative estimate of drug-likeness (QED) is 0.116. The Labute approximate surface area is 391 Å². The average molecular weight is 911 g/mol. The first-order chi connectivity index (χ1) is 32.6. The Morgan fingerprint density at radius 3 is 2.15 bits per heavy atom. The molecule has 4 amide bonds. The molecule has 0 saturated carbocycles. The van der Waals surface area contributed by atoms with Gasteiger partial charge in [0.2, 0.25) is 11.8 Å². The highest BCUT2D eigenvalue weighted by Gasteiger charge is 2.76. The number of amides is 4. The fourth-order valence-electron chi connectivity index (χ4n) is 10.6. The van der Waals surface area contributed by atoms with Gasteiger partial charge in [0.1, 0.15) is 36.0 Å². The fourth-order valence-corrected chi connectivity index (χ4v) is 10.6. The Morgan fingerprint density at radius 2 is 1.49 bits per heavy atom. The second-order valence-corrected chi connectivity index (χ2v) is 17.8. The minimum absolute atomic E-state index is 0.110. The van der Waals surface area contributed by atoms with E-state index in [9.17, 15) is 15.0 Å². The fraction of sp³-hybridized carbons (Fsp3) is 0.415. The summed E-state index contributed by atoms with van der Waals surface area (Å²) in [6.07, 6.45) is 3.45. The molecule has 4 aliphatic rings. The van der Waals surface area contributed by atoms with E-state index >= 15 is 19.2 Å². The molecule has 4 heterocycles. The summed E-state index contributed by atoms with van der Waals surface area (Å²) in [7, 11) is 1.22. The molecule has 0 radical (unpaired) electrons. The highest BCUT2D eigenvalue weighted by atomic mass is 16.6. The first kappa shape index (κ1) is 47.0. The highest BCUT2D eigenvalue weighted by molar-refractivity contribution is 6.25. The van der Waals surface area contributed by atoms with Crippen LogP contribution < -0.4 is 15.0 Å². The molecule has 0 unspecified atom stereocenters. The predicted octanol–water partition coefficient (Wildman–Crippen LogP) is 6.16. The first-order valence-electron chi connectivity index (χ1n) is 23.2. The van der Waals surface area contributed by atoms with Crippen molar-refractivity contribution in [3.05, 3.63) is 131 Å². The third kappa shape index (κ3) is 8.68. The number of likely N-dealkylation sites (tertiary alicyclic amines) is 1. The lowest BCUT2D eigenvalue weighted by Crippen LogP contribution is -2.58. The van der Waals surface area contributed by atoms with Crippen molar-refractivity contribution in [1.82, 2.24) is 15.1 Å². The molecule has 350 valence electrons. The number of benzene rings is 4. The lowest BCUT2D eigenvalue weighted by Gasteiger charge is -2.46. The van der Waals surface area contributed by atoms with Crippen LogP contribution in [0.2, 0.25) is 0 Å². The molecule has 14 nitrogen and oxygen atoms in total. The maximum Gasteiger partial charge on any atom is 0.329 e. The molecule has 0 aliphatic carbocycles. The second-order valence-electron chi connectivity index (χ2n) is 17.8. The SMILES string of the molecule is COC(=O)[C@@H](NC(=O)N1C(=O)[C@@]2(c3cc(C#CCCO)ccc31)[C@H](C(=O)N1CCCCCCC1)[C@H]1C(=O)O[C@H](c3ccccc3)[C@H](c3ccccc3)N1[C@@H]2c1ccccc1OCCO)C(C)C. The zero-order valence-corrected chi connectivity index (χ0v) is 38.1. The van der Waals surface area contributed by atoms with Gasteiger partial charge in [-0.3, -0.25) is 19.3 Å². The number of ether oxygens (including phenoxy) is 3. The van der Waals surface area contributed by atoms with Gasteiger partial charge in [-0.15, -0.1) is 0 Å². The zero-order valence-electron chi connectivity index (χ0n) is 38.1. The van der Waals surface area contributed by atoms with Crippen molar-refractivity contribution in [2.75, 3.05) is 44.9 Å². The summed E-state index contributed by atoms with van der Waals surface area (Å²) in [5.74, 6) is 1.76. The topological polar surface area (TPSA) is 175 Å². The number of methoxy groups -OCH3 is 1. The molecule has 0 aromatic heterocycles. The number of nitrogens with zero attached hydrogens (tertiary/aromatic N) is 3. The summed E-state index contributed by atoms with van der Waals surface area (Å²) in [5.41, 5.74) is 0.605. The van der Waals surface area contributed by atoms with Gasteiger partial charge in [0.25, 0.3) is 0 Å². The van der Waals surface area contributed by atoms with Crippen molar-refractivity contribution in [2.45, 2.75) is 88.1 Å². The normalized spacial score (nSPS) is 24.1. The maximum absolute atomic E-state index is 16.7. The Kier molecular flexibility index (Phi) is 14.4. The molecule has 0 bridgehead atoms. The van der Waals surface area contributed by atoms with Crippen molar-refractivity contribution < 1.29 is 48.4 Å². The molecule has 67 heavy (non-hydrogen) atoms. The van der Waals surface area contributed by atoms with Crippen LogP contribution in [0.15, 0.2) is 103 Å². The number of cyclic esters (lactones) is 1. The van der Waals surface area contributed by atoms with E-state index in [1.807, 2.05) is 65.6 Å². The van der Waals surface area contributed by atoms with Crippen LogP contribution in [-0.4, -0.2) is 102 Å². The number of para-hydroxylation sites is 1. The van der Waals surface area contributed by atoms with E-state index < -0.39 is 77.3 Å². The highest BCUT2D eigenvalue weighted by Crippen LogP contribution is 2.67. The molecule has 7 atom stereocenters. The molecule has 3 N–H and O–H groups in total. The van der Waals surface area contributed by atoms with Crippen LogP contribution in [0.4, 0.5) is 10.5 Å². The van der Waals surface area contributed by atoms with Gasteiger partial charge in [-0.2, -0.15) is 0 Å². The van der Waals surface area contributed by atoms with E-state index in [0.29, 0.717) is 48.4 Å². The van der Waals surface area contributed by atoms with Crippen molar-refractivity contribution in [2.24, 2.45) is 11.8 Å². The number of urea groups is 1. The lowest BCUT2D eigenvalue weighted by atomic mass is 9.64. The smallest absolute Gasteiger partial charge is 0.329 e. The molecule has 14 heteroatoms. The number of aliphatic hydroxyl groups excluding tert-OH is 2. The number of nitrogens with one attached hydrogen (secondary N) is 1. The lowest BCUT2D eigenvalue weighted by molar-refractivity contribution is -0.179. The number of fused-ring (bicyclic) bond motifs is 3. The van der Waals surface area contributed by atoms with E-state index in [1.54, 1.807) is 61.2 Å². The predicted molar refractivity (Wildman–Crippen MR) is 248 cm³/mol. The van der Waals surface area contributed by atoms with E-state index in [2.05, 4.69) is 17.2 Å². The Balaban J connectivity index is 1.49. The van der Waals surface area contributed by atoms with Crippen LogP contribution in [0.1, 0.15) is 98.4 Å². The largest absolute Gasteiger partial charge is 0.491 e. The molecule has 4 aromatic carbocycles. The third-order valence-electron chi connectivity index (χ3n) is 13.5. The third-order valence-corrected chi connectivity index (χ3v) is 13.5. The van der Waals surface area contributed by atoms with Gasteiger partial charge in [0.05, 0.1) is 44.0 Å². The number of aliphatic hydroxyl groups is 2. The molecule has 4 aromatic rings. The summed E-state index contributed by atoms with van der Waals surface area (Å²) in [4.78, 5) is 81.4. The average Bonchev–Trinajstić information content (AvgIpc) is 3.78. The number of imide groups is 1. The van der Waals surface area contributed by atoms with Crippen molar-refractivity contribution in [1.29, 1.82) is 0 Å². The number of rotatable bonds is 11. The van der Waals surface area contributed by atoms with Gasteiger partial charge in [0, 0.05) is 30.6 Å². The van der Waals surface area contributed by atoms with Gasteiger partial charge in [-0.1, -0.05) is 124 Å². The maximum atomic E-state index is 16.7. The number of morpholine rings is 1. The number of hydrogen-bond acceptors (Lipinski definition) is 11. The van der Waals surface area contributed by atoms with Crippen LogP contribution in [0.5, 0.6) is 5.75 Å². The van der Waals surface area contributed by atoms with Crippen LogP contribution in [0.25, 0.3) is 0 Å². The van der Waals surface area contributed by atoms with Crippen LogP contribution in [0, 0.1) is 23.7 Å². The van der Waals surface area contributed by atoms with Gasteiger partial charge >= 0.3 is 18.0 Å². The molecule has 4 aliphatic heterocycles. The van der Waals surface area contributed by atoms with Gasteiger partial charge in [0.15, 0.2) is 0 Å². The monoisotopic (exact) mass is 910 g/mol. The van der Waals surface area contributed by atoms with E-state index in [1.165, 1.54) is 7.11 Å². The molecular formula is C53H58N4O10. The Hall–Kier alpha value is -6.53. The number of hydrogen-bond donors (Lipinski definition) is 3. The summed E-state index contributed by atoms with van der Waals surface area (Å²) in [6, 6.07) is 25.4.